The zero-order chi connectivity index (χ0) is 38.2. The second kappa shape index (κ2) is 9.11. The molecule has 10 rings (SSSR count). The summed E-state index contributed by atoms with van der Waals surface area (Å²) in [6, 6.07) is 17.2. The number of benzene rings is 6. The van der Waals surface area contributed by atoms with Gasteiger partial charge in [-0.05, 0) is 36.3 Å². The summed E-state index contributed by atoms with van der Waals surface area (Å²) >= 11 is 0. The minimum Gasteiger partial charge on any atom is -0.455 e. The van der Waals surface area contributed by atoms with Gasteiger partial charge in [0.1, 0.15) is 22.3 Å². The predicted octanol–water partition coefficient (Wildman–Crippen LogP) is 10.1. The van der Waals surface area contributed by atoms with Gasteiger partial charge in [0.25, 0.3) is 0 Å². The highest BCUT2D eigenvalue weighted by molar-refractivity contribution is 6.23. The molecule has 45 heavy (non-hydrogen) atoms. The largest absolute Gasteiger partial charge is 0.455 e. The molecule has 0 aliphatic rings. The molecule has 0 spiro atoms. The highest BCUT2D eigenvalue weighted by Gasteiger charge is 2.22. The van der Waals surface area contributed by atoms with Crippen LogP contribution in [0.4, 0.5) is 0 Å². The van der Waals surface area contributed by atoms with Gasteiger partial charge in [-0.1, -0.05) is 96.9 Å². The van der Waals surface area contributed by atoms with Gasteiger partial charge >= 0.3 is 0 Å². The lowest BCUT2D eigenvalue weighted by molar-refractivity contribution is 0.669. The predicted molar refractivity (Wildman–Crippen MR) is 180 cm³/mol. The average Bonchev–Trinajstić information content (AvgIpc) is 3.90. The average molecular weight is 589 g/mol. The molecule has 0 saturated heterocycles. The molecule has 10 aromatic rings. The van der Waals surface area contributed by atoms with Crippen molar-refractivity contribution in [2.24, 2.45) is 0 Å². The van der Waals surface area contributed by atoms with E-state index < -0.39 is 60.4 Å². The van der Waals surface area contributed by atoms with E-state index in [4.69, 9.17) is 33.4 Å². The molecule has 6 heteroatoms. The summed E-state index contributed by atoms with van der Waals surface area (Å²) < 4.78 is 102. The van der Waals surface area contributed by atoms with E-state index >= 15 is 0 Å². The van der Waals surface area contributed by atoms with Gasteiger partial charge in [-0.2, -0.15) is 9.97 Å². The van der Waals surface area contributed by atoms with Crippen LogP contribution in [0.2, 0.25) is 0 Å². The van der Waals surface area contributed by atoms with E-state index in [0.717, 1.165) is 10.8 Å². The third-order valence-corrected chi connectivity index (χ3v) is 7.97. The molecule has 4 aromatic heterocycles. The van der Waals surface area contributed by atoms with Gasteiger partial charge in [0, 0.05) is 32.5 Å². The van der Waals surface area contributed by atoms with Gasteiger partial charge in [-0.25, -0.2) is 4.98 Å². The van der Waals surface area contributed by atoms with E-state index in [1.807, 2.05) is 54.6 Å². The maximum absolute atomic E-state index is 9.44. The van der Waals surface area contributed by atoms with Crippen molar-refractivity contribution in [3.8, 4) is 28.7 Å². The molecule has 210 valence electrons. The van der Waals surface area contributed by atoms with Gasteiger partial charge in [-0.3, -0.25) is 4.57 Å². The summed E-state index contributed by atoms with van der Waals surface area (Å²) in [6.07, 6.45) is 0. The summed E-state index contributed by atoms with van der Waals surface area (Å²) in [4.78, 5) is 14.6. The minimum absolute atomic E-state index is 0.00586. The van der Waals surface area contributed by atoms with Crippen LogP contribution < -0.4 is 0 Å². The molecule has 0 saturated carbocycles. The van der Waals surface area contributed by atoms with Crippen molar-refractivity contribution in [2.45, 2.75) is 0 Å². The number of rotatable bonds is 3. The molecule has 0 fully saturated rings. The van der Waals surface area contributed by atoms with Gasteiger partial charge in [0.15, 0.2) is 11.6 Å². The normalized spacial score (nSPS) is 15.1. The second-order valence-corrected chi connectivity index (χ2v) is 10.5. The molecule has 0 unspecified atom stereocenters. The zero-order valence-electron chi connectivity index (χ0n) is 33.0. The molecule has 0 aliphatic heterocycles. The van der Waals surface area contributed by atoms with E-state index in [0.29, 0.717) is 22.3 Å². The number of hydrogen-bond donors (Lipinski definition) is 0. The van der Waals surface area contributed by atoms with E-state index in [1.54, 1.807) is 18.2 Å². The molecule has 0 atom stereocenters. The number of para-hydroxylation sites is 4. The Morgan fingerprint density at radius 2 is 1.27 bits per heavy atom. The first-order chi connectivity index (χ1) is 26.5. The van der Waals surface area contributed by atoms with Gasteiger partial charge < -0.3 is 8.83 Å². The molecule has 0 bridgehead atoms. The van der Waals surface area contributed by atoms with Gasteiger partial charge in [0.05, 0.1) is 35.7 Å². The Morgan fingerprint density at radius 1 is 0.511 bits per heavy atom. The monoisotopic (exact) mass is 588 g/mol. The number of aromatic nitrogens is 4. The van der Waals surface area contributed by atoms with Crippen molar-refractivity contribution < 1.29 is 22.5 Å². The Bertz CT molecular complexity index is 3340. The van der Waals surface area contributed by atoms with E-state index in [1.165, 1.54) is 4.57 Å². The first-order valence-corrected chi connectivity index (χ1v) is 14.1. The fourth-order valence-corrected chi connectivity index (χ4v) is 6.00. The van der Waals surface area contributed by atoms with Crippen LogP contribution in [0.3, 0.4) is 0 Å². The molecule has 0 amide bonds. The third kappa shape index (κ3) is 3.48. The maximum Gasteiger partial charge on any atom is 0.238 e. The quantitative estimate of drug-likeness (QED) is 0.205. The molecule has 0 N–H and O–H groups in total. The van der Waals surface area contributed by atoms with Gasteiger partial charge in [0.2, 0.25) is 5.95 Å². The second-order valence-electron chi connectivity index (χ2n) is 10.5. The fourth-order valence-electron chi connectivity index (χ4n) is 6.00. The molecular weight excluding hydrogens is 556 g/mol. The molecule has 6 nitrogen and oxygen atoms in total. The fraction of sp³-hybridized carbons (Fsp3) is 0. The summed E-state index contributed by atoms with van der Waals surface area (Å²) in [5.41, 5.74) is 1.66. The lowest BCUT2D eigenvalue weighted by atomic mass is 10.1. The Labute approximate surface area is 269 Å². The van der Waals surface area contributed by atoms with Crippen molar-refractivity contribution in [3.05, 3.63) is 133 Å². The number of furan rings is 2. The summed E-state index contributed by atoms with van der Waals surface area (Å²) in [7, 11) is 0. The summed E-state index contributed by atoms with van der Waals surface area (Å²) in [5, 5.41) is 1.41. The van der Waals surface area contributed by atoms with Gasteiger partial charge in [-0.15, -0.1) is 0 Å². The molecule has 0 aliphatic carbocycles. The standard InChI is InChI=1S/C39H22N4O2/c1-2-11-23(12-3-1)37-40-38(29-17-10-16-26-24-13-5-8-19-32(24)44-35(26)29)42-39(41-37)43-30-18-7-4-15-28(30)34-31(43)22-21-27-25-14-6-9-20-33(25)45-36(27)34/h1-22H/i4D,6D,7D,9D,14D,15D,18D,20D,21D,22D. The van der Waals surface area contributed by atoms with Crippen LogP contribution in [0.5, 0.6) is 0 Å². The Hall–Kier alpha value is -6.27. The van der Waals surface area contributed by atoms with Crippen molar-refractivity contribution in [2.75, 3.05) is 0 Å². The van der Waals surface area contributed by atoms with Crippen LogP contribution in [-0.4, -0.2) is 19.5 Å². The Morgan fingerprint density at radius 3 is 2.20 bits per heavy atom. The minimum atomic E-state index is -0.566. The highest BCUT2D eigenvalue weighted by Crippen LogP contribution is 2.41. The number of nitrogens with zero attached hydrogens (tertiary/aromatic N) is 4. The summed E-state index contributed by atoms with van der Waals surface area (Å²) in [6.45, 7) is 0. The zero-order valence-corrected chi connectivity index (χ0v) is 23.0. The first-order valence-electron chi connectivity index (χ1n) is 19.1. The highest BCUT2D eigenvalue weighted by atomic mass is 16.3. The summed E-state index contributed by atoms with van der Waals surface area (Å²) in [5.74, 6) is 0.237. The van der Waals surface area contributed by atoms with Crippen molar-refractivity contribution >= 4 is 65.7 Å². The van der Waals surface area contributed by atoms with Crippen LogP contribution in [0.25, 0.3) is 94.4 Å². The topological polar surface area (TPSA) is 69.9 Å². The van der Waals surface area contributed by atoms with Crippen LogP contribution >= 0.6 is 0 Å². The number of hydrogen-bond acceptors (Lipinski definition) is 5. The van der Waals surface area contributed by atoms with Crippen molar-refractivity contribution in [1.29, 1.82) is 0 Å². The lowest BCUT2D eigenvalue weighted by Gasteiger charge is -2.11. The van der Waals surface area contributed by atoms with Crippen LogP contribution in [0.1, 0.15) is 13.7 Å². The SMILES string of the molecule is [2H]c1c([2H])c([2H])c2c(oc3c2c([2H])c([2H])c2c3c3c([2H])c([2H])c([2H])c([2H])c3n2-c2nc(-c3ccccc3)nc(-c3cccc4c3oc3ccccc34)n2)c1[2H]. The van der Waals surface area contributed by atoms with E-state index in [-0.39, 0.29) is 61.3 Å². The number of fused-ring (bicyclic) bond motifs is 10. The van der Waals surface area contributed by atoms with Crippen LogP contribution in [0, 0.1) is 0 Å². The third-order valence-electron chi connectivity index (χ3n) is 7.97. The molecule has 0 radical (unpaired) electrons. The Kier molecular flexibility index (Phi) is 3.35. The van der Waals surface area contributed by atoms with E-state index in [2.05, 4.69) is 0 Å². The van der Waals surface area contributed by atoms with E-state index in [9.17, 15) is 4.11 Å². The van der Waals surface area contributed by atoms with Crippen molar-refractivity contribution in [3.63, 3.8) is 0 Å². The Balaban J connectivity index is 1.41. The molecule has 6 aromatic carbocycles. The first kappa shape index (κ1) is 16.5. The van der Waals surface area contributed by atoms with Crippen LogP contribution in [0.15, 0.2) is 142 Å². The maximum atomic E-state index is 9.44. The smallest absolute Gasteiger partial charge is 0.238 e. The molecule has 4 heterocycles. The van der Waals surface area contributed by atoms with Crippen molar-refractivity contribution in [1.82, 2.24) is 19.5 Å². The van der Waals surface area contributed by atoms with Crippen LogP contribution in [-0.2, 0) is 0 Å². The molecular formula is C39H22N4O2. The lowest BCUT2D eigenvalue weighted by Crippen LogP contribution is -2.06.